The summed E-state index contributed by atoms with van der Waals surface area (Å²) in [5, 5.41) is 6.53. The van der Waals surface area contributed by atoms with Crippen molar-refractivity contribution < 1.29 is 9.53 Å². The van der Waals surface area contributed by atoms with E-state index in [9.17, 15) is 4.79 Å². The summed E-state index contributed by atoms with van der Waals surface area (Å²) in [6.07, 6.45) is 10.6. The van der Waals surface area contributed by atoms with E-state index in [4.69, 9.17) is 4.74 Å². The van der Waals surface area contributed by atoms with Crippen LogP contribution in [-0.2, 0) is 0 Å². The number of ether oxygens (including phenoxy) is 1. The number of nitrogens with zero attached hydrogens (tertiary/aromatic N) is 5. The minimum absolute atomic E-state index is 0.270. The van der Waals surface area contributed by atoms with Crippen molar-refractivity contribution in [1.29, 1.82) is 0 Å². The van der Waals surface area contributed by atoms with Crippen molar-refractivity contribution in [1.82, 2.24) is 24.7 Å². The van der Waals surface area contributed by atoms with Crippen LogP contribution in [-0.4, -0.2) is 57.5 Å². The molecule has 1 unspecified atom stereocenters. The van der Waals surface area contributed by atoms with E-state index in [1.165, 1.54) is 19.0 Å². The van der Waals surface area contributed by atoms with Gasteiger partial charge in [-0.25, -0.2) is 15.0 Å². The molecule has 156 valence electrons. The van der Waals surface area contributed by atoms with Gasteiger partial charge < -0.3 is 24.7 Å². The Morgan fingerprint density at radius 3 is 2.77 bits per heavy atom. The van der Waals surface area contributed by atoms with Crippen LogP contribution in [0.4, 0.5) is 11.5 Å². The fourth-order valence-electron chi connectivity index (χ4n) is 3.89. The predicted octanol–water partition coefficient (Wildman–Crippen LogP) is 2.02. The molecule has 2 N–H and O–H groups in total. The van der Waals surface area contributed by atoms with Crippen LogP contribution in [0.25, 0.3) is 5.65 Å². The third-order valence-corrected chi connectivity index (χ3v) is 5.55. The van der Waals surface area contributed by atoms with E-state index in [1.807, 2.05) is 17.5 Å². The monoisotopic (exact) mass is 407 g/mol. The van der Waals surface area contributed by atoms with Crippen LogP contribution in [0, 0.1) is 6.92 Å². The number of rotatable bonds is 6. The molecule has 0 aromatic carbocycles. The number of carbonyl (C=O) groups is 1. The number of fused-ring (bicyclic) bond motifs is 1. The number of carbonyl (C=O) groups excluding carboxylic acids is 1. The van der Waals surface area contributed by atoms with Crippen molar-refractivity contribution in [2.24, 2.45) is 0 Å². The molecule has 2 aliphatic rings. The van der Waals surface area contributed by atoms with E-state index in [1.54, 1.807) is 25.6 Å². The van der Waals surface area contributed by atoms with Crippen molar-refractivity contribution in [3.63, 3.8) is 0 Å². The maximum Gasteiger partial charge on any atom is 0.275 e. The van der Waals surface area contributed by atoms with Gasteiger partial charge >= 0.3 is 0 Å². The van der Waals surface area contributed by atoms with Crippen LogP contribution in [0.2, 0.25) is 0 Å². The fraction of sp³-hybridized carbons (Fsp3) is 0.429. The Morgan fingerprint density at radius 2 is 2.03 bits per heavy atom. The fourth-order valence-corrected chi connectivity index (χ4v) is 3.89. The van der Waals surface area contributed by atoms with Gasteiger partial charge in [-0.1, -0.05) is 0 Å². The first-order valence-corrected chi connectivity index (χ1v) is 10.3. The molecule has 0 bridgehead atoms. The average Bonchev–Trinajstić information content (AvgIpc) is 3.29. The molecule has 1 aliphatic heterocycles. The highest BCUT2D eigenvalue weighted by Crippen LogP contribution is 2.25. The zero-order chi connectivity index (χ0) is 20.7. The van der Waals surface area contributed by atoms with Crippen molar-refractivity contribution >= 4 is 23.1 Å². The lowest BCUT2D eigenvalue weighted by molar-refractivity contribution is 0.102. The molecule has 5 rings (SSSR count). The number of amides is 1. The summed E-state index contributed by atoms with van der Waals surface area (Å²) >= 11 is 0. The first-order chi connectivity index (χ1) is 14.6. The quantitative estimate of drug-likeness (QED) is 0.645. The van der Waals surface area contributed by atoms with Gasteiger partial charge in [-0.15, -0.1) is 0 Å². The number of aromatic nitrogens is 4. The Kier molecular flexibility index (Phi) is 4.74. The number of hydrogen-bond acceptors (Lipinski definition) is 7. The summed E-state index contributed by atoms with van der Waals surface area (Å²) in [6.45, 7) is 3.79. The minimum Gasteiger partial charge on any atom is -0.493 e. The van der Waals surface area contributed by atoms with Crippen LogP contribution in [0.3, 0.4) is 0 Å². The first-order valence-electron chi connectivity index (χ1n) is 10.3. The molecular formula is C21H25N7O2. The molecule has 1 amide bonds. The summed E-state index contributed by atoms with van der Waals surface area (Å²) in [6, 6.07) is 2.97. The summed E-state index contributed by atoms with van der Waals surface area (Å²) in [7, 11) is 1.58. The molecule has 0 spiro atoms. The number of nitrogens with one attached hydrogen (secondary N) is 2. The van der Waals surface area contributed by atoms with Gasteiger partial charge in [0.2, 0.25) is 0 Å². The van der Waals surface area contributed by atoms with Crippen molar-refractivity contribution in [2.75, 3.05) is 30.4 Å². The van der Waals surface area contributed by atoms with Crippen LogP contribution >= 0.6 is 0 Å². The molecule has 9 nitrogen and oxygen atoms in total. The Hall–Kier alpha value is -3.20. The molecule has 4 heterocycles. The van der Waals surface area contributed by atoms with Crippen LogP contribution in [0.15, 0.2) is 30.9 Å². The second-order valence-electron chi connectivity index (χ2n) is 8.00. The Labute approximate surface area is 174 Å². The third kappa shape index (κ3) is 3.80. The summed E-state index contributed by atoms with van der Waals surface area (Å²) in [5.74, 6) is 1.08. The zero-order valence-corrected chi connectivity index (χ0v) is 17.1. The number of imidazole rings is 1. The lowest BCUT2D eigenvalue weighted by Gasteiger charge is -2.17. The van der Waals surface area contributed by atoms with Crippen LogP contribution < -0.4 is 20.3 Å². The highest BCUT2D eigenvalue weighted by molar-refractivity contribution is 6.02. The van der Waals surface area contributed by atoms with Gasteiger partial charge in [-0.2, -0.15) is 0 Å². The number of pyridine rings is 1. The maximum absolute atomic E-state index is 12.7. The summed E-state index contributed by atoms with van der Waals surface area (Å²) in [5.41, 5.74) is 2.44. The second kappa shape index (κ2) is 7.56. The summed E-state index contributed by atoms with van der Waals surface area (Å²) < 4.78 is 7.24. The molecule has 30 heavy (non-hydrogen) atoms. The SMILES string of the molecule is COc1cc(NC(=O)c2cnc(N3CCC(NC4CC4)C3)cn2)cn2cc(C)nc12. The number of hydrogen-bond donors (Lipinski definition) is 2. The zero-order valence-electron chi connectivity index (χ0n) is 17.1. The smallest absolute Gasteiger partial charge is 0.275 e. The van der Waals surface area contributed by atoms with E-state index < -0.39 is 0 Å². The molecule has 1 saturated carbocycles. The van der Waals surface area contributed by atoms with Crippen LogP contribution in [0.5, 0.6) is 5.75 Å². The third-order valence-electron chi connectivity index (χ3n) is 5.55. The molecule has 1 atom stereocenters. The second-order valence-corrected chi connectivity index (χ2v) is 8.00. The molecular weight excluding hydrogens is 382 g/mol. The van der Waals surface area contributed by atoms with E-state index >= 15 is 0 Å². The normalized spacial score (nSPS) is 18.7. The Bertz CT molecular complexity index is 1070. The average molecular weight is 407 g/mol. The number of aryl methyl sites for hydroxylation is 1. The van der Waals surface area contributed by atoms with Gasteiger partial charge in [-0.05, 0) is 26.2 Å². The van der Waals surface area contributed by atoms with Gasteiger partial charge in [0.15, 0.2) is 11.4 Å². The van der Waals surface area contributed by atoms with Crippen LogP contribution in [0.1, 0.15) is 35.4 Å². The summed E-state index contributed by atoms with van der Waals surface area (Å²) in [4.78, 5) is 28.1. The Morgan fingerprint density at radius 1 is 1.17 bits per heavy atom. The minimum atomic E-state index is -0.318. The molecule has 9 heteroatoms. The molecule has 3 aromatic heterocycles. The van der Waals surface area contributed by atoms with E-state index in [2.05, 4.69) is 30.5 Å². The standard InChI is InChI=1S/C21H25N7O2/c1-13-10-28-12-16(7-18(30-2)20(28)24-13)26-21(29)17-8-23-19(9-22-17)27-6-5-15(11-27)25-14-3-4-14/h7-10,12,14-15,25H,3-6,11H2,1-2H3,(H,26,29). The number of methoxy groups -OCH3 is 1. The molecule has 2 fully saturated rings. The highest BCUT2D eigenvalue weighted by atomic mass is 16.5. The lowest BCUT2D eigenvalue weighted by atomic mass is 10.2. The van der Waals surface area contributed by atoms with Gasteiger partial charge in [0.25, 0.3) is 5.91 Å². The van der Waals surface area contributed by atoms with Crippen molar-refractivity contribution in [3.8, 4) is 5.75 Å². The van der Waals surface area contributed by atoms with Gasteiger partial charge in [0.1, 0.15) is 11.5 Å². The largest absolute Gasteiger partial charge is 0.493 e. The van der Waals surface area contributed by atoms with E-state index in [0.29, 0.717) is 29.2 Å². The molecule has 1 saturated heterocycles. The molecule has 1 aliphatic carbocycles. The first kappa shape index (κ1) is 18.8. The lowest BCUT2D eigenvalue weighted by Crippen LogP contribution is -2.34. The van der Waals surface area contributed by atoms with E-state index in [-0.39, 0.29) is 11.6 Å². The topological polar surface area (TPSA) is 96.7 Å². The maximum atomic E-state index is 12.7. The number of anilines is 2. The van der Waals surface area contributed by atoms with E-state index in [0.717, 1.165) is 31.0 Å². The predicted molar refractivity (Wildman–Crippen MR) is 113 cm³/mol. The van der Waals surface area contributed by atoms with Gasteiger partial charge in [0.05, 0.1) is 30.9 Å². The molecule has 0 radical (unpaired) electrons. The molecule has 3 aromatic rings. The van der Waals surface area contributed by atoms with Gasteiger partial charge in [0, 0.05) is 43.6 Å². The van der Waals surface area contributed by atoms with Crippen molar-refractivity contribution in [3.05, 3.63) is 42.2 Å². The van der Waals surface area contributed by atoms with Gasteiger partial charge in [-0.3, -0.25) is 4.79 Å². The Balaban J connectivity index is 1.27. The highest BCUT2D eigenvalue weighted by Gasteiger charge is 2.29. The van der Waals surface area contributed by atoms with Crippen molar-refractivity contribution in [2.45, 2.75) is 38.3 Å².